The van der Waals surface area contributed by atoms with Crippen molar-refractivity contribution in [2.24, 2.45) is 0 Å². The van der Waals surface area contributed by atoms with Crippen molar-refractivity contribution in [3.8, 4) is 5.75 Å². The van der Waals surface area contributed by atoms with Gasteiger partial charge in [-0.25, -0.2) is 4.79 Å². The van der Waals surface area contributed by atoms with E-state index in [1.807, 2.05) is 0 Å². The van der Waals surface area contributed by atoms with Gasteiger partial charge in [-0.1, -0.05) is 6.92 Å². The van der Waals surface area contributed by atoms with Gasteiger partial charge in [0.2, 0.25) is 0 Å². The lowest BCUT2D eigenvalue weighted by atomic mass is 10.1. The van der Waals surface area contributed by atoms with Crippen LogP contribution in [0.4, 0.5) is 5.69 Å². The molecule has 0 saturated heterocycles. The van der Waals surface area contributed by atoms with Crippen LogP contribution in [0.25, 0.3) is 0 Å². The van der Waals surface area contributed by atoms with E-state index in [0.29, 0.717) is 0 Å². The average Bonchev–Trinajstić information content (AvgIpc) is 2.35. The van der Waals surface area contributed by atoms with E-state index >= 15 is 0 Å². The molecule has 0 radical (unpaired) electrons. The number of ether oxygens (including phenoxy) is 1. The Hall–Kier alpha value is -2.15. The predicted molar refractivity (Wildman–Crippen MR) is 66.1 cm³/mol. The smallest absolute Gasteiger partial charge is 0.344 e. The number of aliphatic hydroxyl groups excluding tert-OH is 1. The maximum atomic E-state index is 10.9. The highest BCUT2D eigenvalue weighted by Crippen LogP contribution is 2.30. The van der Waals surface area contributed by atoms with Crippen LogP contribution in [0, 0.1) is 10.1 Å². The van der Waals surface area contributed by atoms with E-state index in [2.05, 4.69) is 0 Å². The number of rotatable bonds is 6. The number of carboxylic acid groups (broad SMARTS) is 1. The molecule has 0 fully saturated rings. The van der Waals surface area contributed by atoms with Crippen LogP contribution < -0.4 is 4.74 Å². The zero-order valence-corrected chi connectivity index (χ0v) is 10.6. The summed E-state index contributed by atoms with van der Waals surface area (Å²) in [6.07, 6.45) is -1.81. The number of hydrogen-bond donors (Lipinski definition) is 2. The Kier molecular flexibility index (Phi) is 4.82. The first-order chi connectivity index (χ1) is 8.86. The second kappa shape index (κ2) is 6.14. The molecule has 2 N–H and O–H groups in total. The molecule has 0 aliphatic carbocycles. The Labute approximate surface area is 109 Å². The van der Waals surface area contributed by atoms with Crippen molar-refractivity contribution in [1.29, 1.82) is 0 Å². The lowest BCUT2D eigenvalue weighted by molar-refractivity contribution is -0.385. The van der Waals surface area contributed by atoms with Gasteiger partial charge >= 0.3 is 5.97 Å². The molecule has 0 heterocycles. The van der Waals surface area contributed by atoms with E-state index in [0.717, 1.165) is 0 Å². The van der Waals surface area contributed by atoms with Gasteiger partial charge in [-0.2, -0.15) is 0 Å². The van der Waals surface area contributed by atoms with Gasteiger partial charge < -0.3 is 14.9 Å². The fourth-order valence-corrected chi connectivity index (χ4v) is 1.54. The Bertz CT molecular complexity index is 485. The second-order valence-corrected chi connectivity index (χ2v) is 4.01. The molecule has 7 nitrogen and oxygen atoms in total. The van der Waals surface area contributed by atoms with Crippen LogP contribution in [0.15, 0.2) is 18.2 Å². The quantitative estimate of drug-likeness (QED) is 0.602. The largest absolute Gasteiger partial charge is 0.479 e. The highest BCUT2D eigenvalue weighted by Gasteiger charge is 2.21. The molecule has 1 aromatic rings. The zero-order valence-electron chi connectivity index (χ0n) is 10.6. The minimum Gasteiger partial charge on any atom is -0.479 e. The minimum absolute atomic E-state index is 0.134. The van der Waals surface area contributed by atoms with Crippen LogP contribution in [0.1, 0.15) is 31.9 Å². The molecule has 0 saturated carbocycles. The molecule has 104 valence electrons. The summed E-state index contributed by atoms with van der Waals surface area (Å²) in [4.78, 5) is 21.0. The van der Waals surface area contributed by atoms with Crippen molar-refractivity contribution in [2.45, 2.75) is 32.5 Å². The van der Waals surface area contributed by atoms with Gasteiger partial charge in [0.15, 0.2) is 6.10 Å². The molecular formula is C12H15NO6. The first kappa shape index (κ1) is 14.9. The van der Waals surface area contributed by atoms with E-state index in [-0.39, 0.29) is 23.4 Å². The van der Waals surface area contributed by atoms with Gasteiger partial charge in [0.05, 0.1) is 11.0 Å². The number of hydrogen-bond acceptors (Lipinski definition) is 5. The first-order valence-corrected chi connectivity index (χ1v) is 5.72. The minimum atomic E-state index is -1.13. The number of aliphatic hydroxyl groups is 1. The topological polar surface area (TPSA) is 110 Å². The fraction of sp³-hybridized carbons (Fsp3) is 0.417. The predicted octanol–water partition coefficient (Wildman–Crippen LogP) is 1.89. The highest BCUT2D eigenvalue weighted by atomic mass is 16.6. The van der Waals surface area contributed by atoms with Crippen molar-refractivity contribution in [2.75, 3.05) is 0 Å². The number of non-ortho nitro benzene ring substituents is 1. The fourth-order valence-electron chi connectivity index (χ4n) is 1.54. The van der Waals surface area contributed by atoms with Crippen LogP contribution in [0.3, 0.4) is 0 Å². The van der Waals surface area contributed by atoms with Crippen LogP contribution in [0.2, 0.25) is 0 Å². The Morgan fingerprint density at radius 1 is 1.53 bits per heavy atom. The number of nitro benzene ring substituents is 1. The van der Waals surface area contributed by atoms with Crippen molar-refractivity contribution < 1.29 is 24.7 Å². The molecular weight excluding hydrogens is 254 g/mol. The Balaban J connectivity index is 3.13. The van der Waals surface area contributed by atoms with E-state index in [1.165, 1.54) is 25.1 Å². The van der Waals surface area contributed by atoms with Gasteiger partial charge in [0.1, 0.15) is 5.75 Å². The molecule has 1 rings (SSSR count). The molecule has 1 aromatic carbocycles. The van der Waals surface area contributed by atoms with E-state index < -0.39 is 23.1 Å². The molecule has 19 heavy (non-hydrogen) atoms. The normalized spacial score (nSPS) is 13.6. The number of benzene rings is 1. The lowest BCUT2D eigenvalue weighted by Gasteiger charge is -2.17. The summed E-state index contributed by atoms with van der Waals surface area (Å²) < 4.78 is 5.27. The molecule has 2 atom stereocenters. The monoisotopic (exact) mass is 269 g/mol. The van der Waals surface area contributed by atoms with Crippen LogP contribution >= 0.6 is 0 Å². The number of carboxylic acids is 1. The average molecular weight is 269 g/mol. The van der Waals surface area contributed by atoms with E-state index in [9.17, 15) is 20.0 Å². The summed E-state index contributed by atoms with van der Waals surface area (Å²) in [5.41, 5.74) is 0.000485. The number of nitro groups is 1. The van der Waals surface area contributed by atoms with Crippen molar-refractivity contribution in [1.82, 2.24) is 0 Å². The SMILES string of the molecule is CCC(Oc1ccc([N+](=O)[O-])cc1[C@@H](C)O)C(=O)O. The molecule has 0 aliphatic rings. The van der Waals surface area contributed by atoms with E-state index in [1.54, 1.807) is 6.92 Å². The molecule has 0 spiro atoms. The van der Waals surface area contributed by atoms with Gasteiger partial charge in [0.25, 0.3) is 5.69 Å². The maximum Gasteiger partial charge on any atom is 0.344 e. The van der Waals surface area contributed by atoms with Crippen molar-refractivity contribution in [3.63, 3.8) is 0 Å². The van der Waals surface area contributed by atoms with Gasteiger partial charge in [-0.05, 0) is 19.4 Å². The summed E-state index contributed by atoms with van der Waals surface area (Å²) in [5.74, 6) is -0.993. The molecule has 0 aliphatic heterocycles. The van der Waals surface area contributed by atoms with Crippen molar-refractivity contribution >= 4 is 11.7 Å². The van der Waals surface area contributed by atoms with Gasteiger partial charge in [-0.3, -0.25) is 10.1 Å². The summed E-state index contributed by atoms with van der Waals surface area (Å²) >= 11 is 0. The first-order valence-electron chi connectivity index (χ1n) is 5.72. The Morgan fingerprint density at radius 2 is 2.16 bits per heavy atom. The molecule has 7 heteroatoms. The summed E-state index contributed by atoms with van der Waals surface area (Å²) in [7, 11) is 0. The summed E-state index contributed by atoms with van der Waals surface area (Å²) in [6, 6.07) is 3.68. The second-order valence-electron chi connectivity index (χ2n) is 4.01. The standard InChI is InChI=1S/C12H15NO6/c1-3-10(12(15)16)19-11-5-4-8(13(17)18)6-9(11)7(2)14/h4-7,10,14H,3H2,1-2H3,(H,15,16)/t7-,10?/m1/s1. The van der Waals surface area contributed by atoms with Crippen LogP contribution in [-0.2, 0) is 4.79 Å². The number of nitrogens with zero attached hydrogens (tertiary/aromatic N) is 1. The maximum absolute atomic E-state index is 10.9. The third-order valence-electron chi connectivity index (χ3n) is 2.57. The number of aliphatic carboxylic acids is 1. The van der Waals surface area contributed by atoms with Crippen LogP contribution in [-0.4, -0.2) is 27.2 Å². The van der Waals surface area contributed by atoms with Gasteiger partial charge in [0, 0.05) is 17.7 Å². The molecule has 0 aromatic heterocycles. The zero-order chi connectivity index (χ0) is 14.6. The summed E-state index contributed by atoms with van der Waals surface area (Å²) in [6.45, 7) is 3.07. The summed E-state index contributed by atoms with van der Waals surface area (Å²) in [5, 5.41) is 29.2. The molecule has 0 amide bonds. The number of carbonyl (C=O) groups is 1. The lowest BCUT2D eigenvalue weighted by Crippen LogP contribution is -2.26. The molecule has 0 bridgehead atoms. The Morgan fingerprint density at radius 3 is 2.58 bits per heavy atom. The third kappa shape index (κ3) is 3.65. The van der Waals surface area contributed by atoms with Crippen molar-refractivity contribution in [3.05, 3.63) is 33.9 Å². The molecule has 1 unspecified atom stereocenters. The highest BCUT2D eigenvalue weighted by molar-refractivity contribution is 5.72. The van der Waals surface area contributed by atoms with E-state index in [4.69, 9.17) is 9.84 Å². The van der Waals surface area contributed by atoms with Gasteiger partial charge in [-0.15, -0.1) is 0 Å². The third-order valence-corrected chi connectivity index (χ3v) is 2.57. The van der Waals surface area contributed by atoms with Crippen LogP contribution in [0.5, 0.6) is 5.75 Å².